The van der Waals surface area contributed by atoms with Crippen LogP contribution in [-0.4, -0.2) is 48.1 Å². The van der Waals surface area contributed by atoms with Gasteiger partial charge >= 0.3 is 0 Å². The molecule has 1 atom stereocenters. The molecule has 0 aliphatic carbocycles. The van der Waals surface area contributed by atoms with Crippen molar-refractivity contribution in [1.29, 1.82) is 0 Å². The second-order valence-corrected chi connectivity index (χ2v) is 12.0. The summed E-state index contributed by atoms with van der Waals surface area (Å²) >= 11 is 1.45. The van der Waals surface area contributed by atoms with Gasteiger partial charge in [-0.25, -0.2) is 9.07 Å². The zero-order chi connectivity index (χ0) is 32.2. The normalized spacial score (nSPS) is 14.4. The number of rotatable bonds is 9. The van der Waals surface area contributed by atoms with Crippen LogP contribution in [0.2, 0.25) is 0 Å². The third-order valence-electron chi connectivity index (χ3n) is 7.84. The number of thioether (sulfide) groups is 1. The number of nitrogens with one attached hydrogen (secondary N) is 1. The number of carbonyl (C=O) groups is 2. The number of aryl methyl sites for hydroxylation is 1. The molecule has 0 spiro atoms. The molecular formula is C36H33FN4O4S. The maximum Gasteiger partial charge on any atom is 0.240 e. The first-order valence-corrected chi connectivity index (χ1v) is 15.8. The number of anilines is 1. The van der Waals surface area contributed by atoms with Gasteiger partial charge in [-0.2, -0.15) is 5.10 Å². The molecule has 0 fully saturated rings. The van der Waals surface area contributed by atoms with E-state index in [1.165, 1.54) is 28.8 Å². The minimum Gasteiger partial charge on any atom is -0.497 e. The first kappa shape index (κ1) is 30.9. The molecule has 1 N–H and O–H groups in total. The smallest absolute Gasteiger partial charge is 0.240 e. The average molecular weight is 637 g/mol. The summed E-state index contributed by atoms with van der Waals surface area (Å²) in [4.78, 5) is 29.0. The molecular weight excluding hydrogens is 603 g/mol. The number of hydrogen-bond acceptors (Lipinski definition) is 6. The molecule has 0 radical (unpaired) electrons. The molecule has 10 heteroatoms. The Morgan fingerprint density at radius 2 is 1.72 bits per heavy atom. The lowest BCUT2D eigenvalue weighted by molar-refractivity contribution is -0.123. The summed E-state index contributed by atoms with van der Waals surface area (Å²) in [5, 5.41) is 7.63. The van der Waals surface area contributed by atoms with Crippen molar-refractivity contribution in [2.45, 2.75) is 18.7 Å². The minimum atomic E-state index is -0.398. The highest BCUT2D eigenvalue weighted by Crippen LogP contribution is 2.51. The molecule has 8 nitrogen and oxygen atoms in total. The summed E-state index contributed by atoms with van der Waals surface area (Å²) in [5.41, 5.74) is 5.72. The molecule has 4 aromatic carbocycles. The van der Waals surface area contributed by atoms with Crippen molar-refractivity contribution < 1.29 is 23.5 Å². The number of ether oxygens (including phenoxy) is 2. The Morgan fingerprint density at radius 3 is 2.41 bits per heavy atom. The number of amides is 2. The quantitative estimate of drug-likeness (QED) is 0.199. The summed E-state index contributed by atoms with van der Waals surface area (Å²) in [6.07, 6.45) is 0. The van der Waals surface area contributed by atoms with Crippen molar-refractivity contribution in [2.75, 3.05) is 31.4 Å². The first-order chi connectivity index (χ1) is 22.4. The lowest BCUT2D eigenvalue weighted by Crippen LogP contribution is -2.42. The van der Waals surface area contributed by atoms with E-state index in [2.05, 4.69) is 5.32 Å². The maximum absolute atomic E-state index is 14.0. The zero-order valence-corrected chi connectivity index (χ0v) is 26.5. The van der Waals surface area contributed by atoms with Gasteiger partial charge in [0.25, 0.3) is 0 Å². The molecule has 1 aliphatic rings. The van der Waals surface area contributed by atoms with Gasteiger partial charge in [0.05, 0.1) is 36.6 Å². The lowest BCUT2D eigenvalue weighted by atomic mass is 9.98. The van der Waals surface area contributed by atoms with Crippen molar-refractivity contribution in [1.82, 2.24) is 15.1 Å². The highest BCUT2D eigenvalue weighted by atomic mass is 32.2. The number of hydrogen-bond donors (Lipinski definition) is 1. The average Bonchev–Trinajstić information content (AvgIpc) is 3.41. The molecule has 0 saturated carbocycles. The Bertz CT molecular complexity index is 1860. The number of nitrogens with zero attached hydrogens (tertiary/aromatic N) is 3. The zero-order valence-electron chi connectivity index (χ0n) is 25.7. The van der Waals surface area contributed by atoms with Gasteiger partial charge in [-0.05, 0) is 55.0 Å². The van der Waals surface area contributed by atoms with Crippen LogP contribution in [0.15, 0.2) is 97.1 Å². The Labute approximate surface area is 271 Å². The fourth-order valence-corrected chi connectivity index (χ4v) is 6.70. The van der Waals surface area contributed by atoms with Crippen molar-refractivity contribution in [3.63, 3.8) is 0 Å². The van der Waals surface area contributed by atoms with E-state index < -0.39 is 5.25 Å². The maximum atomic E-state index is 14.0. The van der Waals surface area contributed by atoms with Gasteiger partial charge in [0.1, 0.15) is 29.7 Å². The lowest BCUT2D eigenvalue weighted by Gasteiger charge is -2.24. The predicted octanol–water partition coefficient (Wildman–Crippen LogP) is 6.49. The predicted molar refractivity (Wildman–Crippen MR) is 178 cm³/mol. The highest BCUT2D eigenvalue weighted by molar-refractivity contribution is 8.00. The van der Waals surface area contributed by atoms with E-state index in [1.807, 2.05) is 79.7 Å². The molecule has 2 amide bonds. The van der Waals surface area contributed by atoms with Crippen LogP contribution in [0.3, 0.4) is 0 Å². The Kier molecular flexibility index (Phi) is 9.07. The van der Waals surface area contributed by atoms with Gasteiger partial charge < -0.3 is 14.8 Å². The summed E-state index contributed by atoms with van der Waals surface area (Å²) in [5.74, 6) is 0.958. The number of fused-ring (bicyclic) bond motifs is 1. The summed E-state index contributed by atoms with van der Waals surface area (Å²) in [6, 6.07) is 29.2. The molecule has 2 heterocycles. The van der Waals surface area contributed by atoms with Gasteiger partial charge in [0, 0.05) is 23.2 Å². The van der Waals surface area contributed by atoms with Crippen LogP contribution in [0.4, 0.5) is 10.2 Å². The third kappa shape index (κ3) is 6.34. The molecule has 1 aromatic heterocycles. The van der Waals surface area contributed by atoms with Crippen LogP contribution in [-0.2, 0) is 16.1 Å². The van der Waals surface area contributed by atoms with Crippen LogP contribution >= 0.6 is 11.8 Å². The van der Waals surface area contributed by atoms with E-state index in [0.717, 1.165) is 33.5 Å². The van der Waals surface area contributed by atoms with E-state index in [4.69, 9.17) is 14.6 Å². The van der Waals surface area contributed by atoms with Crippen molar-refractivity contribution in [3.05, 3.63) is 125 Å². The Hall–Kier alpha value is -5.09. The second-order valence-electron chi connectivity index (χ2n) is 10.9. The number of carbonyl (C=O) groups excluding carboxylic acids is 2. The van der Waals surface area contributed by atoms with Crippen molar-refractivity contribution >= 4 is 29.4 Å². The summed E-state index contributed by atoms with van der Waals surface area (Å²) in [7, 11) is 3.22. The summed E-state index contributed by atoms with van der Waals surface area (Å²) < 4.78 is 26.6. The number of methoxy groups -OCH3 is 2. The fraction of sp³-hybridized carbons (Fsp3) is 0.194. The van der Waals surface area contributed by atoms with Crippen LogP contribution < -0.4 is 19.7 Å². The second kappa shape index (κ2) is 13.5. The van der Waals surface area contributed by atoms with E-state index in [-0.39, 0.29) is 36.5 Å². The molecule has 234 valence electrons. The van der Waals surface area contributed by atoms with Gasteiger partial charge in [-0.15, -0.1) is 11.8 Å². The number of benzene rings is 4. The third-order valence-corrected chi connectivity index (χ3v) is 9.08. The fourth-order valence-electron chi connectivity index (χ4n) is 5.49. The number of halogens is 1. The van der Waals surface area contributed by atoms with E-state index in [0.29, 0.717) is 23.0 Å². The molecule has 0 bridgehead atoms. The monoisotopic (exact) mass is 636 g/mol. The Balaban J connectivity index is 1.53. The van der Waals surface area contributed by atoms with Crippen molar-refractivity contribution in [3.8, 4) is 28.4 Å². The van der Waals surface area contributed by atoms with Gasteiger partial charge in [-0.1, -0.05) is 60.2 Å². The minimum absolute atomic E-state index is 0.104. The van der Waals surface area contributed by atoms with Crippen LogP contribution in [0, 0.1) is 12.7 Å². The SMILES string of the molecule is COc1ccc(OC)c(C2SCC(=O)N(CC(=O)NCc3ccc(F)cc3)c3c2c(-c2ccccc2)nn3-c2ccc(C)cc2)c1. The standard InChI is InChI=1S/C36H33FN4O4S/c1-23-9-15-27(16-10-23)41-36-33(34(39-41)25-7-5-4-6-8-25)35(29-19-28(44-2)17-18-30(29)45-3)46-22-32(43)40(36)21-31(42)38-20-24-11-13-26(37)14-12-24/h4-19,35H,20-22H2,1-3H3,(H,38,42). The van der Waals surface area contributed by atoms with Crippen molar-refractivity contribution in [2.24, 2.45) is 0 Å². The number of aromatic nitrogens is 2. The molecule has 46 heavy (non-hydrogen) atoms. The highest BCUT2D eigenvalue weighted by Gasteiger charge is 2.38. The molecule has 0 saturated heterocycles. The molecule has 6 rings (SSSR count). The molecule has 1 aliphatic heterocycles. The van der Waals surface area contributed by atoms with E-state index >= 15 is 0 Å². The van der Waals surface area contributed by atoms with Crippen LogP contribution in [0.1, 0.15) is 27.5 Å². The van der Waals surface area contributed by atoms with Crippen LogP contribution in [0.25, 0.3) is 16.9 Å². The van der Waals surface area contributed by atoms with E-state index in [1.54, 1.807) is 31.0 Å². The molecule has 1 unspecified atom stereocenters. The largest absolute Gasteiger partial charge is 0.497 e. The summed E-state index contributed by atoms with van der Waals surface area (Å²) in [6.45, 7) is 1.96. The molecule has 5 aromatic rings. The van der Waals surface area contributed by atoms with Crippen LogP contribution in [0.5, 0.6) is 11.5 Å². The van der Waals surface area contributed by atoms with Gasteiger partial charge in [0.2, 0.25) is 11.8 Å². The Morgan fingerprint density at radius 1 is 0.978 bits per heavy atom. The van der Waals surface area contributed by atoms with E-state index in [9.17, 15) is 14.0 Å². The van der Waals surface area contributed by atoms with Gasteiger partial charge in [0.15, 0.2) is 0 Å². The topological polar surface area (TPSA) is 85.7 Å². The first-order valence-electron chi connectivity index (χ1n) is 14.8. The van der Waals surface area contributed by atoms with Gasteiger partial charge in [-0.3, -0.25) is 14.5 Å².